The van der Waals surface area contributed by atoms with E-state index in [-0.39, 0.29) is 0 Å². The van der Waals surface area contributed by atoms with E-state index in [9.17, 15) is 5.11 Å². The molecule has 144 valence electrons. The van der Waals surface area contributed by atoms with E-state index in [1.54, 1.807) is 6.07 Å². The number of rotatable bonds is 3. The fourth-order valence-corrected chi connectivity index (χ4v) is 4.87. The molecule has 3 heterocycles. The number of aromatic nitrogens is 2. The maximum atomic E-state index is 9.93. The number of hydrogen-bond acceptors (Lipinski definition) is 2. The summed E-state index contributed by atoms with van der Waals surface area (Å²) in [5, 5.41) is 14.7. The molecular weight excluding hydrogens is 346 g/mol. The van der Waals surface area contributed by atoms with Crippen molar-refractivity contribution in [3.05, 3.63) is 47.8 Å². The number of aromatic amines is 1. The summed E-state index contributed by atoms with van der Waals surface area (Å²) < 4.78 is 2.47. The van der Waals surface area contributed by atoms with Crippen molar-refractivity contribution in [3.8, 4) is 5.75 Å². The Morgan fingerprint density at radius 3 is 2.54 bits per heavy atom. The van der Waals surface area contributed by atoms with E-state index >= 15 is 0 Å². The van der Waals surface area contributed by atoms with Gasteiger partial charge in [-0.25, -0.2) is 0 Å². The number of phenols is 1. The predicted molar refractivity (Wildman–Crippen MR) is 115 cm³/mol. The Morgan fingerprint density at radius 1 is 0.929 bits per heavy atom. The van der Waals surface area contributed by atoms with Gasteiger partial charge in [-0.1, -0.05) is 6.42 Å². The standard InChI is InChI=1S/C24H27N3O/c1-16-12-18-13-24-22(21-14-19(28)6-7-23(21)25-24)15-20(18)17(2)27(16)11-10-26-8-4-3-5-9-26/h6-7,12-15,28H,3-5,8-11H2,1-2H3/p+1. The number of hydrogen-bond donors (Lipinski definition) is 2. The summed E-state index contributed by atoms with van der Waals surface area (Å²) in [6.45, 7) is 9.11. The minimum Gasteiger partial charge on any atom is -0.508 e. The van der Waals surface area contributed by atoms with Gasteiger partial charge < -0.3 is 10.1 Å². The van der Waals surface area contributed by atoms with Crippen LogP contribution < -0.4 is 4.57 Å². The van der Waals surface area contributed by atoms with Gasteiger partial charge in [0.05, 0.1) is 6.54 Å². The molecule has 5 rings (SSSR count). The summed E-state index contributed by atoms with van der Waals surface area (Å²) in [7, 11) is 0. The van der Waals surface area contributed by atoms with Crippen LogP contribution in [0.3, 0.4) is 0 Å². The first-order valence-electron chi connectivity index (χ1n) is 10.4. The fraction of sp³-hybridized carbons (Fsp3) is 0.375. The minimum atomic E-state index is 0.311. The topological polar surface area (TPSA) is 43.1 Å². The molecule has 1 aliphatic rings. The summed E-state index contributed by atoms with van der Waals surface area (Å²) in [6, 6.07) is 12.4. The molecule has 2 aromatic heterocycles. The summed E-state index contributed by atoms with van der Waals surface area (Å²) >= 11 is 0. The number of aryl methyl sites for hydroxylation is 2. The van der Waals surface area contributed by atoms with Crippen LogP contribution in [0.15, 0.2) is 36.4 Å². The van der Waals surface area contributed by atoms with Gasteiger partial charge in [-0.2, -0.15) is 4.57 Å². The van der Waals surface area contributed by atoms with E-state index in [4.69, 9.17) is 0 Å². The van der Waals surface area contributed by atoms with Crippen molar-refractivity contribution in [2.24, 2.45) is 0 Å². The van der Waals surface area contributed by atoms with Crippen LogP contribution >= 0.6 is 0 Å². The SMILES string of the molecule is Cc1cc2cc3[nH]c4ccc(O)cc4c3cc2c(C)[n+]1CCN1CCCCC1. The van der Waals surface area contributed by atoms with Gasteiger partial charge in [-0.05, 0) is 61.6 Å². The quantitative estimate of drug-likeness (QED) is 0.516. The highest BCUT2D eigenvalue weighted by molar-refractivity contribution is 6.12. The molecule has 4 nitrogen and oxygen atoms in total. The maximum Gasteiger partial charge on any atom is 0.186 e. The van der Waals surface area contributed by atoms with Crippen molar-refractivity contribution >= 4 is 32.6 Å². The lowest BCUT2D eigenvalue weighted by molar-refractivity contribution is -0.706. The number of nitrogens with one attached hydrogen (secondary N) is 1. The van der Waals surface area contributed by atoms with Gasteiger partial charge in [-0.3, -0.25) is 4.90 Å². The molecule has 0 aliphatic carbocycles. The molecule has 0 radical (unpaired) electrons. The monoisotopic (exact) mass is 374 g/mol. The van der Waals surface area contributed by atoms with Gasteiger partial charge in [0.2, 0.25) is 0 Å². The number of phenolic OH excluding ortho intramolecular Hbond substituents is 1. The number of nitrogens with zero attached hydrogens (tertiary/aromatic N) is 2. The molecule has 0 spiro atoms. The van der Waals surface area contributed by atoms with Crippen molar-refractivity contribution in [2.75, 3.05) is 19.6 Å². The molecular formula is C24H28N3O+. The molecule has 2 N–H and O–H groups in total. The average Bonchev–Trinajstić information content (AvgIpc) is 3.04. The number of H-pyrrole nitrogens is 1. The van der Waals surface area contributed by atoms with E-state index in [2.05, 4.69) is 46.5 Å². The zero-order valence-corrected chi connectivity index (χ0v) is 16.8. The van der Waals surface area contributed by atoms with Crippen molar-refractivity contribution < 1.29 is 9.67 Å². The van der Waals surface area contributed by atoms with E-state index in [1.165, 1.54) is 59.9 Å². The number of aromatic hydroxyl groups is 1. The normalized spacial score (nSPS) is 15.8. The van der Waals surface area contributed by atoms with Crippen LogP contribution in [0, 0.1) is 13.8 Å². The second-order valence-corrected chi connectivity index (χ2v) is 8.26. The van der Waals surface area contributed by atoms with Crippen LogP contribution in [0.5, 0.6) is 5.75 Å². The number of likely N-dealkylation sites (tertiary alicyclic amines) is 1. The first-order chi connectivity index (χ1) is 13.6. The van der Waals surface area contributed by atoms with Crippen molar-refractivity contribution in [3.63, 3.8) is 0 Å². The van der Waals surface area contributed by atoms with Gasteiger partial charge in [0.15, 0.2) is 17.9 Å². The summed E-state index contributed by atoms with van der Waals surface area (Å²) in [5.74, 6) is 0.311. The molecule has 0 atom stereocenters. The number of piperidine rings is 1. The Hall–Kier alpha value is -2.59. The Labute approximate surface area is 165 Å². The van der Waals surface area contributed by atoms with Crippen molar-refractivity contribution in [2.45, 2.75) is 39.7 Å². The molecule has 1 aliphatic heterocycles. The van der Waals surface area contributed by atoms with E-state index < -0.39 is 0 Å². The molecule has 1 fully saturated rings. The third-order valence-electron chi connectivity index (χ3n) is 6.43. The van der Waals surface area contributed by atoms with Crippen LogP contribution in [-0.2, 0) is 6.54 Å². The van der Waals surface area contributed by atoms with E-state index in [1.807, 2.05) is 12.1 Å². The molecule has 1 saturated heterocycles. The molecule has 4 heteroatoms. The zero-order valence-electron chi connectivity index (χ0n) is 16.8. The lowest BCUT2D eigenvalue weighted by atomic mass is 10.0. The number of pyridine rings is 1. The van der Waals surface area contributed by atoms with Crippen LogP contribution in [0.4, 0.5) is 0 Å². The molecule has 0 saturated carbocycles. The summed E-state index contributed by atoms with van der Waals surface area (Å²) in [4.78, 5) is 6.10. The Balaban J connectivity index is 1.60. The summed E-state index contributed by atoms with van der Waals surface area (Å²) in [5.41, 5.74) is 4.83. The molecule has 28 heavy (non-hydrogen) atoms. The molecule has 0 amide bonds. The van der Waals surface area contributed by atoms with Gasteiger partial charge in [0.25, 0.3) is 0 Å². The highest BCUT2D eigenvalue weighted by Gasteiger charge is 2.19. The predicted octanol–water partition coefficient (Wildman–Crippen LogP) is 4.57. The minimum absolute atomic E-state index is 0.311. The van der Waals surface area contributed by atoms with E-state index in [0.717, 1.165) is 29.5 Å². The number of fused-ring (bicyclic) bond motifs is 4. The largest absolute Gasteiger partial charge is 0.508 e. The number of benzene rings is 2. The second kappa shape index (κ2) is 6.78. The van der Waals surface area contributed by atoms with Crippen molar-refractivity contribution in [1.82, 2.24) is 9.88 Å². The van der Waals surface area contributed by atoms with E-state index in [0.29, 0.717) is 5.75 Å². The fourth-order valence-electron chi connectivity index (χ4n) is 4.87. The zero-order chi connectivity index (χ0) is 19.3. The average molecular weight is 375 g/mol. The van der Waals surface area contributed by atoms with Gasteiger partial charge in [-0.15, -0.1) is 0 Å². The molecule has 4 aromatic rings. The van der Waals surface area contributed by atoms with Crippen molar-refractivity contribution in [1.29, 1.82) is 0 Å². The first kappa shape index (κ1) is 17.5. The third kappa shape index (κ3) is 2.92. The molecule has 0 bridgehead atoms. The van der Waals surface area contributed by atoms with Gasteiger partial charge in [0.1, 0.15) is 5.75 Å². The van der Waals surface area contributed by atoms with Gasteiger partial charge >= 0.3 is 0 Å². The molecule has 2 aromatic carbocycles. The van der Waals surface area contributed by atoms with Gasteiger partial charge in [0, 0.05) is 47.1 Å². The lowest BCUT2D eigenvalue weighted by Gasteiger charge is -2.25. The summed E-state index contributed by atoms with van der Waals surface area (Å²) in [6.07, 6.45) is 4.06. The smallest absolute Gasteiger partial charge is 0.186 e. The Bertz CT molecular complexity index is 1190. The second-order valence-electron chi connectivity index (χ2n) is 8.26. The lowest BCUT2D eigenvalue weighted by Crippen LogP contribution is -2.46. The molecule has 0 unspecified atom stereocenters. The van der Waals surface area contributed by atoms with Crippen LogP contribution in [0.25, 0.3) is 32.6 Å². The highest BCUT2D eigenvalue weighted by Crippen LogP contribution is 2.32. The van der Waals surface area contributed by atoms with Crippen LogP contribution in [0.1, 0.15) is 30.7 Å². The first-order valence-corrected chi connectivity index (χ1v) is 10.4. The maximum absolute atomic E-state index is 9.93. The van der Waals surface area contributed by atoms with Crippen LogP contribution in [0.2, 0.25) is 0 Å². The highest BCUT2D eigenvalue weighted by atomic mass is 16.3. The Morgan fingerprint density at radius 2 is 1.71 bits per heavy atom. The third-order valence-corrected chi connectivity index (χ3v) is 6.43. The van der Waals surface area contributed by atoms with Crippen LogP contribution in [-0.4, -0.2) is 34.6 Å². The Kier molecular flexibility index (Phi) is 4.24.